The highest BCUT2D eigenvalue weighted by molar-refractivity contribution is 5.96. The normalized spacial score (nSPS) is 11.0. The molecule has 1 aromatic carbocycles. The van der Waals surface area contributed by atoms with Crippen molar-refractivity contribution >= 4 is 11.6 Å². The van der Waals surface area contributed by atoms with Gasteiger partial charge < -0.3 is 9.47 Å². The molecule has 0 heterocycles. The minimum atomic E-state index is -0.292. The summed E-state index contributed by atoms with van der Waals surface area (Å²) in [4.78, 5) is 11.9. The van der Waals surface area contributed by atoms with Crippen molar-refractivity contribution in [3.05, 3.63) is 23.8 Å². The molecule has 5 nitrogen and oxygen atoms in total. The van der Waals surface area contributed by atoms with Gasteiger partial charge in [0.2, 0.25) is 0 Å². The van der Waals surface area contributed by atoms with E-state index in [2.05, 4.69) is 10.5 Å². The molecule has 0 atom stereocenters. The van der Waals surface area contributed by atoms with Gasteiger partial charge in [-0.25, -0.2) is 5.43 Å². The van der Waals surface area contributed by atoms with E-state index >= 15 is 0 Å². The van der Waals surface area contributed by atoms with Crippen LogP contribution in [0.1, 0.15) is 30.6 Å². The van der Waals surface area contributed by atoms with Crippen molar-refractivity contribution < 1.29 is 14.3 Å². The molecular weight excluding hydrogens is 232 g/mol. The molecule has 0 radical (unpaired) electrons. The number of nitrogens with zero attached hydrogens (tertiary/aromatic N) is 1. The zero-order valence-corrected chi connectivity index (χ0v) is 11.1. The Labute approximate surface area is 107 Å². The molecule has 0 aliphatic rings. The zero-order chi connectivity index (χ0) is 13.5. The van der Waals surface area contributed by atoms with Crippen molar-refractivity contribution in [2.75, 3.05) is 14.2 Å². The van der Waals surface area contributed by atoms with Crippen LogP contribution in [0.2, 0.25) is 0 Å². The van der Waals surface area contributed by atoms with Crippen LogP contribution in [-0.2, 0) is 0 Å². The molecule has 0 saturated carbocycles. The fourth-order valence-electron chi connectivity index (χ4n) is 1.23. The Hall–Kier alpha value is -2.04. The van der Waals surface area contributed by atoms with Crippen LogP contribution in [0.5, 0.6) is 11.5 Å². The fourth-order valence-corrected chi connectivity index (χ4v) is 1.23. The summed E-state index contributed by atoms with van der Waals surface area (Å²) in [6.45, 7) is 3.83. The summed E-state index contributed by atoms with van der Waals surface area (Å²) in [5.74, 6) is 0.839. The Morgan fingerprint density at radius 2 is 1.78 bits per heavy atom. The third kappa shape index (κ3) is 3.76. The molecule has 1 amide bonds. The summed E-state index contributed by atoms with van der Waals surface area (Å²) in [5, 5.41) is 3.97. The Kier molecular flexibility index (Phi) is 5.17. The molecule has 5 heteroatoms. The highest BCUT2D eigenvalue weighted by Crippen LogP contribution is 2.22. The predicted molar refractivity (Wildman–Crippen MR) is 70.4 cm³/mol. The summed E-state index contributed by atoms with van der Waals surface area (Å²) >= 11 is 0. The number of hydrazone groups is 1. The number of nitrogens with one attached hydrogen (secondary N) is 1. The molecule has 0 saturated heterocycles. The van der Waals surface area contributed by atoms with Crippen molar-refractivity contribution in [2.24, 2.45) is 5.10 Å². The highest BCUT2D eigenvalue weighted by Gasteiger charge is 2.09. The topological polar surface area (TPSA) is 59.9 Å². The second kappa shape index (κ2) is 6.64. The van der Waals surface area contributed by atoms with E-state index in [0.29, 0.717) is 17.1 Å². The van der Waals surface area contributed by atoms with Gasteiger partial charge in [0.1, 0.15) is 11.5 Å². The van der Waals surface area contributed by atoms with Crippen LogP contribution in [0.15, 0.2) is 23.3 Å². The van der Waals surface area contributed by atoms with Crippen LogP contribution in [0.4, 0.5) is 0 Å². The molecule has 18 heavy (non-hydrogen) atoms. The highest BCUT2D eigenvalue weighted by atomic mass is 16.5. The maximum absolute atomic E-state index is 11.9. The van der Waals surface area contributed by atoms with E-state index in [0.717, 1.165) is 12.1 Å². The van der Waals surface area contributed by atoms with Crippen LogP contribution in [0.25, 0.3) is 0 Å². The Morgan fingerprint density at radius 3 is 2.22 bits per heavy atom. The van der Waals surface area contributed by atoms with E-state index in [9.17, 15) is 4.79 Å². The molecule has 0 unspecified atom stereocenters. The van der Waals surface area contributed by atoms with Gasteiger partial charge in [-0.15, -0.1) is 0 Å². The quantitative estimate of drug-likeness (QED) is 0.644. The molecule has 0 aromatic heterocycles. The van der Waals surface area contributed by atoms with E-state index in [4.69, 9.17) is 9.47 Å². The molecule has 1 N–H and O–H groups in total. The summed E-state index contributed by atoms with van der Waals surface area (Å²) < 4.78 is 10.2. The molecule has 0 aliphatic carbocycles. The van der Waals surface area contributed by atoms with Gasteiger partial charge in [-0.3, -0.25) is 4.79 Å². The second-order valence-electron chi connectivity index (χ2n) is 3.74. The van der Waals surface area contributed by atoms with Crippen molar-refractivity contribution in [1.82, 2.24) is 5.43 Å². The number of carbonyl (C=O) groups excluding carboxylic acids is 1. The number of benzene rings is 1. The standard InChI is InChI=1S/C13H18N2O3/c1-5-9(2)14-15-13(16)10-6-11(17-3)8-12(7-10)18-4/h6-8H,5H2,1-4H3,(H,15,16)/b14-9-. The molecule has 1 rings (SSSR count). The average molecular weight is 250 g/mol. The van der Waals surface area contributed by atoms with Gasteiger partial charge in [-0.1, -0.05) is 6.92 Å². The van der Waals surface area contributed by atoms with Crippen LogP contribution in [0.3, 0.4) is 0 Å². The first kappa shape index (κ1) is 14.0. The van der Waals surface area contributed by atoms with Gasteiger partial charge in [-0.2, -0.15) is 5.10 Å². The Morgan fingerprint density at radius 1 is 1.22 bits per heavy atom. The van der Waals surface area contributed by atoms with E-state index in [-0.39, 0.29) is 5.91 Å². The summed E-state index contributed by atoms with van der Waals surface area (Å²) in [7, 11) is 3.08. The molecule has 0 fully saturated rings. The first-order chi connectivity index (χ1) is 8.60. The van der Waals surface area contributed by atoms with E-state index in [1.807, 2.05) is 13.8 Å². The first-order valence-electron chi connectivity index (χ1n) is 5.67. The number of amides is 1. The molecule has 0 aliphatic heterocycles. The van der Waals surface area contributed by atoms with Crippen LogP contribution >= 0.6 is 0 Å². The molecular formula is C13H18N2O3. The second-order valence-corrected chi connectivity index (χ2v) is 3.74. The number of methoxy groups -OCH3 is 2. The van der Waals surface area contributed by atoms with Gasteiger partial charge in [0.05, 0.1) is 14.2 Å². The lowest BCUT2D eigenvalue weighted by atomic mass is 10.2. The lowest BCUT2D eigenvalue weighted by Crippen LogP contribution is -2.19. The van der Waals surface area contributed by atoms with Gasteiger partial charge in [0.25, 0.3) is 5.91 Å². The van der Waals surface area contributed by atoms with E-state index in [1.165, 1.54) is 14.2 Å². The molecule has 0 bridgehead atoms. The van der Waals surface area contributed by atoms with E-state index in [1.54, 1.807) is 18.2 Å². The van der Waals surface area contributed by atoms with Crippen molar-refractivity contribution in [1.29, 1.82) is 0 Å². The van der Waals surface area contributed by atoms with Crippen LogP contribution in [-0.4, -0.2) is 25.8 Å². The van der Waals surface area contributed by atoms with Gasteiger partial charge in [0, 0.05) is 17.3 Å². The first-order valence-corrected chi connectivity index (χ1v) is 5.67. The molecule has 1 aromatic rings. The zero-order valence-electron chi connectivity index (χ0n) is 11.1. The predicted octanol–water partition coefficient (Wildman–Crippen LogP) is 2.22. The summed E-state index contributed by atoms with van der Waals surface area (Å²) in [5.41, 5.74) is 3.79. The minimum absolute atomic E-state index is 0.292. The number of ether oxygens (including phenoxy) is 2. The third-order valence-corrected chi connectivity index (χ3v) is 2.47. The van der Waals surface area contributed by atoms with Crippen molar-refractivity contribution in [3.8, 4) is 11.5 Å². The van der Waals surface area contributed by atoms with Crippen molar-refractivity contribution in [2.45, 2.75) is 20.3 Å². The Bertz CT molecular complexity index is 433. The minimum Gasteiger partial charge on any atom is -0.497 e. The third-order valence-electron chi connectivity index (χ3n) is 2.47. The monoisotopic (exact) mass is 250 g/mol. The smallest absolute Gasteiger partial charge is 0.271 e. The largest absolute Gasteiger partial charge is 0.497 e. The molecule has 98 valence electrons. The summed E-state index contributed by atoms with van der Waals surface area (Å²) in [6.07, 6.45) is 0.793. The lowest BCUT2D eigenvalue weighted by Gasteiger charge is -2.07. The fraction of sp³-hybridized carbons (Fsp3) is 0.385. The van der Waals surface area contributed by atoms with Crippen molar-refractivity contribution in [3.63, 3.8) is 0 Å². The number of hydrogen-bond acceptors (Lipinski definition) is 4. The number of carbonyl (C=O) groups is 1. The average Bonchev–Trinajstić information content (AvgIpc) is 2.43. The van der Waals surface area contributed by atoms with E-state index < -0.39 is 0 Å². The summed E-state index contributed by atoms with van der Waals surface area (Å²) in [6, 6.07) is 4.97. The van der Waals surface area contributed by atoms with Gasteiger partial charge in [-0.05, 0) is 25.5 Å². The maximum atomic E-state index is 11.9. The molecule has 0 spiro atoms. The van der Waals surface area contributed by atoms with Gasteiger partial charge >= 0.3 is 0 Å². The van der Waals surface area contributed by atoms with Gasteiger partial charge in [0.15, 0.2) is 0 Å². The SMILES string of the molecule is CC/C(C)=N\NC(=O)c1cc(OC)cc(OC)c1. The number of rotatable bonds is 5. The van der Waals surface area contributed by atoms with Crippen LogP contribution in [0, 0.1) is 0 Å². The Balaban J connectivity index is 2.91. The number of hydrogen-bond donors (Lipinski definition) is 1. The maximum Gasteiger partial charge on any atom is 0.271 e. The lowest BCUT2D eigenvalue weighted by molar-refractivity contribution is 0.0954. The van der Waals surface area contributed by atoms with Crippen LogP contribution < -0.4 is 14.9 Å².